The first-order valence-electron chi connectivity index (χ1n) is 26.0. The van der Waals surface area contributed by atoms with Gasteiger partial charge < -0.3 is 9.32 Å². The molecular formula is C68H54B3NO. The average Bonchev–Trinajstić information content (AvgIpc) is 4.09. The van der Waals surface area contributed by atoms with Crippen LogP contribution in [0, 0.1) is 0 Å². The molecule has 0 atom stereocenters. The van der Waals surface area contributed by atoms with Gasteiger partial charge >= 0.3 is 0 Å². The third-order valence-corrected chi connectivity index (χ3v) is 17.3. The second-order valence-corrected chi connectivity index (χ2v) is 22.8. The monoisotopic (exact) mass is 933 g/mol. The van der Waals surface area contributed by atoms with Gasteiger partial charge in [-0.25, -0.2) is 0 Å². The summed E-state index contributed by atoms with van der Waals surface area (Å²) in [6.07, 6.45) is 0. The molecule has 1 heterocycles. The smallest absolute Gasteiger partial charge is 0.143 e. The van der Waals surface area contributed by atoms with E-state index in [9.17, 15) is 0 Å². The van der Waals surface area contributed by atoms with E-state index < -0.39 is 0 Å². The van der Waals surface area contributed by atoms with Crippen molar-refractivity contribution in [2.45, 2.75) is 49.1 Å². The standard InChI is InChI=1S/C68H54B3NO/c1-65(2)57-23-9-5-15-49(57)53-37-35-45(39-61(53)65)72(46-36-38-54-50-16-6-10-24-58(50)66(3,4)62(54)40-46)44-33-29-42(30-34-44)48-20-14-22-56-55-21-13-19-47(63(55)73-64(48)56)41-27-31-43(32-28-41)67(68(69,70)71)59-25-11-7-17-51(59)52-18-8-12-26-60(52)67/h5-40H,69-71H2,1-4H3. The van der Waals surface area contributed by atoms with E-state index in [1.54, 1.807) is 0 Å². The lowest BCUT2D eigenvalue weighted by Crippen LogP contribution is -2.42. The Morgan fingerprint density at radius 2 is 0.699 bits per heavy atom. The van der Waals surface area contributed by atoms with Crippen LogP contribution in [0.5, 0.6) is 0 Å². The molecular weight excluding hydrogens is 879 g/mol. The molecule has 346 valence electrons. The molecule has 0 saturated heterocycles. The lowest BCUT2D eigenvalue weighted by Gasteiger charge is -2.45. The van der Waals surface area contributed by atoms with E-state index >= 15 is 0 Å². The second kappa shape index (κ2) is 15.5. The number of para-hydroxylation sites is 2. The summed E-state index contributed by atoms with van der Waals surface area (Å²) in [6, 6.07) is 81.6. The Labute approximate surface area is 431 Å². The zero-order valence-electron chi connectivity index (χ0n) is 42.6. The highest BCUT2D eigenvalue weighted by atomic mass is 16.3. The van der Waals surface area contributed by atoms with Gasteiger partial charge in [0.1, 0.15) is 11.2 Å². The zero-order chi connectivity index (χ0) is 49.6. The minimum atomic E-state index is -0.305. The van der Waals surface area contributed by atoms with Crippen LogP contribution in [0.15, 0.2) is 223 Å². The molecule has 0 N–H and O–H groups in total. The van der Waals surface area contributed by atoms with Crippen LogP contribution < -0.4 is 4.90 Å². The molecule has 1 aromatic heterocycles. The fourth-order valence-corrected chi connectivity index (χ4v) is 13.9. The summed E-state index contributed by atoms with van der Waals surface area (Å²) in [5.41, 5.74) is 26.6. The molecule has 0 radical (unpaired) electrons. The van der Waals surface area contributed by atoms with Crippen molar-refractivity contribution in [2.75, 3.05) is 4.90 Å². The number of benzene rings is 10. The summed E-state index contributed by atoms with van der Waals surface area (Å²) < 4.78 is 7.10. The van der Waals surface area contributed by atoms with Gasteiger partial charge in [0.25, 0.3) is 0 Å². The van der Waals surface area contributed by atoms with E-state index in [-0.39, 0.29) is 21.4 Å². The van der Waals surface area contributed by atoms with Crippen LogP contribution in [0.4, 0.5) is 17.1 Å². The van der Waals surface area contributed by atoms with Gasteiger partial charge in [-0.3, -0.25) is 0 Å². The van der Waals surface area contributed by atoms with E-state index in [1.807, 2.05) is 0 Å². The summed E-state index contributed by atoms with van der Waals surface area (Å²) in [5, 5.41) is 2.14. The Balaban J connectivity index is 0.859. The molecule has 0 fully saturated rings. The minimum Gasteiger partial charge on any atom is -0.455 e. The number of hydrogen-bond donors (Lipinski definition) is 0. The number of hydrogen-bond acceptors (Lipinski definition) is 2. The Hall–Kier alpha value is -8.01. The van der Waals surface area contributed by atoms with Crippen molar-refractivity contribution in [1.82, 2.24) is 0 Å². The lowest BCUT2D eigenvalue weighted by atomic mass is 9.30. The molecule has 73 heavy (non-hydrogen) atoms. The fraction of sp³-hybridized carbons (Fsp3) is 0.118. The van der Waals surface area contributed by atoms with Gasteiger partial charge in [-0.2, -0.15) is 0 Å². The fourth-order valence-electron chi connectivity index (χ4n) is 13.9. The van der Waals surface area contributed by atoms with Gasteiger partial charge in [-0.15, -0.1) is 0 Å². The predicted molar refractivity (Wildman–Crippen MR) is 314 cm³/mol. The van der Waals surface area contributed by atoms with Crippen molar-refractivity contribution >= 4 is 62.5 Å². The maximum Gasteiger partial charge on any atom is 0.143 e. The van der Waals surface area contributed by atoms with Crippen LogP contribution in [0.2, 0.25) is 5.11 Å². The van der Waals surface area contributed by atoms with E-state index in [4.69, 9.17) is 4.42 Å². The van der Waals surface area contributed by atoms with Gasteiger partial charge in [-0.1, -0.05) is 215 Å². The maximum atomic E-state index is 7.10. The summed E-state index contributed by atoms with van der Waals surface area (Å²) in [4.78, 5) is 2.45. The van der Waals surface area contributed by atoms with Gasteiger partial charge in [-0.05, 0) is 120 Å². The molecule has 0 spiro atoms. The Kier molecular flexibility index (Phi) is 9.29. The average molecular weight is 934 g/mol. The van der Waals surface area contributed by atoms with Crippen LogP contribution in [0.25, 0.3) is 77.6 Å². The first kappa shape index (κ1) is 43.8. The van der Waals surface area contributed by atoms with Crippen LogP contribution >= 0.6 is 0 Å². The number of anilines is 3. The molecule has 0 amide bonds. The minimum absolute atomic E-state index is 0.0964. The normalized spacial score (nSPS) is 15.1. The molecule has 11 aromatic rings. The van der Waals surface area contributed by atoms with Crippen LogP contribution in [0.3, 0.4) is 0 Å². The third-order valence-electron chi connectivity index (χ3n) is 17.3. The quantitative estimate of drug-likeness (QED) is 0.148. The van der Waals surface area contributed by atoms with Gasteiger partial charge in [0, 0.05) is 55.2 Å². The SMILES string of the molecule is BC(B)(B)C1(c2ccc(-c3cccc4c3oc3c(-c5ccc(N(c6ccc7c(c6)C(C)(C)c6ccccc6-7)c6ccc7c(c6)C(C)(C)c6ccccc6-7)cc5)cccc34)cc2)c2ccccc2-c2ccccc21. The third kappa shape index (κ3) is 6.09. The number of fused-ring (bicyclic) bond motifs is 12. The van der Waals surface area contributed by atoms with Crippen molar-refractivity contribution in [1.29, 1.82) is 0 Å². The van der Waals surface area contributed by atoms with E-state index in [0.717, 1.165) is 61.3 Å². The van der Waals surface area contributed by atoms with Crippen molar-refractivity contribution in [3.8, 4) is 55.6 Å². The maximum absolute atomic E-state index is 7.10. The highest BCUT2D eigenvalue weighted by Crippen LogP contribution is 2.61. The molecule has 14 rings (SSSR count). The van der Waals surface area contributed by atoms with Crippen LogP contribution in [0.1, 0.15) is 66.6 Å². The Morgan fingerprint density at radius 3 is 1.14 bits per heavy atom. The second-order valence-electron chi connectivity index (χ2n) is 22.8. The number of rotatable bonds is 7. The van der Waals surface area contributed by atoms with Gasteiger partial charge in [0.15, 0.2) is 0 Å². The van der Waals surface area contributed by atoms with Gasteiger partial charge in [0.05, 0.1) is 23.5 Å². The summed E-state index contributed by atoms with van der Waals surface area (Å²) in [7, 11) is 7.16. The summed E-state index contributed by atoms with van der Waals surface area (Å²) >= 11 is 0. The van der Waals surface area contributed by atoms with Crippen molar-refractivity contribution in [3.63, 3.8) is 0 Å². The zero-order valence-corrected chi connectivity index (χ0v) is 42.6. The molecule has 2 nitrogen and oxygen atoms in total. The Morgan fingerprint density at radius 1 is 0.342 bits per heavy atom. The van der Waals surface area contributed by atoms with Crippen LogP contribution in [-0.4, -0.2) is 23.5 Å². The summed E-state index contributed by atoms with van der Waals surface area (Å²) in [6.45, 7) is 9.46. The molecule has 0 aliphatic heterocycles. The summed E-state index contributed by atoms with van der Waals surface area (Å²) in [5.74, 6) is 0. The molecule has 0 bridgehead atoms. The molecule has 0 saturated carbocycles. The molecule has 3 aliphatic rings. The first-order valence-corrected chi connectivity index (χ1v) is 26.0. The molecule has 5 heteroatoms. The van der Waals surface area contributed by atoms with Gasteiger partial charge in [0.2, 0.25) is 0 Å². The topological polar surface area (TPSA) is 16.4 Å². The predicted octanol–water partition coefficient (Wildman–Crippen LogP) is 15.3. The van der Waals surface area contributed by atoms with E-state index in [0.29, 0.717) is 0 Å². The molecule has 3 aliphatic carbocycles. The lowest BCUT2D eigenvalue weighted by molar-refractivity contribution is 0.640. The van der Waals surface area contributed by atoms with Crippen molar-refractivity contribution < 1.29 is 4.42 Å². The van der Waals surface area contributed by atoms with E-state index in [2.05, 4.69) is 275 Å². The highest BCUT2D eigenvalue weighted by molar-refractivity contribution is 6.60. The van der Waals surface area contributed by atoms with E-state index in [1.165, 1.54) is 72.3 Å². The number of nitrogens with zero attached hydrogens (tertiary/aromatic N) is 1. The van der Waals surface area contributed by atoms with Crippen molar-refractivity contribution in [3.05, 3.63) is 257 Å². The Bertz CT molecular complexity index is 3930. The van der Waals surface area contributed by atoms with Crippen LogP contribution in [-0.2, 0) is 16.2 Å². The van der Waals surface area contributed by atoms with Crippen molar-refractivity contribution in [2.24, 2.45) is 0 Å². The molecule has 0 unspecified atom stereocenters. The highest BCUT2D eigenvalue weighted by Gasteiger charge is 2.51. The first-order chi connectivity index (χ1) is 35.4. The molecule has 10 aromatic carbocycles. The largest absolute Gasteiger partial charge is 0.455 e. The number of furan rings is 1.